The zero-order chi connectivity index (χ0) is 18.3. The molecule has 0 N–H and O–H groups in total. The van der Waals surface area contributed by atoms with Crippen LogP contribution in [0.15, 0.2) is 23.2 Å². The van der Waals surface area contributed by atoms with Gasteiger partial charge in [-0.3, -0.25) is 4.99 Å². The number of hydrogen-bond donors (Lipinski definition) is 0. The van der Waals surface area contributed by atoms with Gasteiger partial charge in [0.05, 0.1) is 6.61 Å². The van der Waals surface area contributed by atoms with Crippen molar-refractivity contribution >= 4 is 33.9 Å². The number of ether oxygens (including phenoxy) is 1. The molecule has 0 saturated heterocycles. The molecule has 0 radical (unpaired) electrons. The predicted molar refractivity (Wildman–Crippen MR) is 104 cm³/mol. The van der Waals surface area contributed by atoms with Crippen molar-refractivity contribution in [2.75, 3.05) is 19.1 Å². The van der Waals surface area contributed by atoms with E-state index in [1.54, 1.807) is 13.0 Å². The molecule has 24 heavy (non-hydrogen) atoms. The van der Waals surface area contributed by atoms with Crippen LogP contribution in [0.5, 0.6) is 0 Å². The molecule has 1 aromatic carbocycles. The minimum absolute atomic E-state index is 0.226. The fourth-order valence-electron chi connectivity index (χ4n) is 2.23. The summed E-state index contributed by atoms with van der Waals surface area (Å²) in [6.07, 6.45) is 4.24. The second-order valence-electron chi connectivity index (χ2n) is 6.34. The van der Waals surface area contributed by atoms with Crippen LogP contribution < -0.4 is 0 Å². The summed E-state index contributed by atoms with van der Waals surface area (Å²) in [5.74, 6) is -0.573. The minimum atomic E-state index is -0.613. The van der Waals surface area contributed by atoms with Crippen LogP contribution in [0.2, 0.25) is 0 Å². The van der Waals surface area contributed by atoms with Crippen LogP contribution in [0.25, 0.3) is 0 Å². The summed E-state index contributed by atoms with van der Waals surface area (Å²) in [5.41, 5.74) is 1.22. The normalized spacial score (nSPS) is 12.6. The van der Waals surface area contributed by atoms with Crippen LogP contribution in [0.4, 0.5) is 4.39 Å². The Morgan fingerprint density at radius 1 is 1.29 bits per heavy atom. The highest BCUT2D eigenvalue weighted by Gasteiger charge is 2.23. The maximum atomic E-state index is 14.1. The lowest BCUT2D eigenvalue weighted by Crippen LogP contribution is -2.25. The fraction of sp³-hybridized carbons (Fsp3) is 0.556. The Morgan fingerprint density at radius 2 is 1.92 bits per heavy atom. The number of nitrogens with zero attached hydrogens (tertiary/aromatic N) is 1. The first-order valence-electron chi connectivity index (χ1n) is 7.84. The number of carbonyl (C=O) groups is 1. The molecule has 0 unspecified atom stereocenters. The van der Waals surface area contributed by atoms with Crippen LogP contribution in [-0.2, 0) is 21.4 Å². The molecule has 0 fully saturated rings. The van der Waals surface area contributed by atoms with Crippen LogP contribution >= 0.6 is 23.5 Å². The number of benzene rings is 1. The predicted octanol–water partition coefficient (Wildman–Crippen LogP) is 4.68. The summed E-state index contributed by atoms with van der Waals surface area (Å²) in [6.45, 7) is 7.99. The van der Waals surface area contributed by atoms with Crippen molar-refractivity contribution in [1.82, 2.24) is 0 Å². The molecule has 0 amide bonds. The summed E-state index contributed by atoms with van der Waals surface area (Å²) in [4.78, 5) is 16.8. The number of esters is 1. The van der Waals surface area contributed by atoms with E-state index in [9.17, 15) is 9.18 Å². The Bertz CT molecular complexity index is 591. The molecule has 0 aliphatic rings. The van der Waals surface area contributed by atoms with E-state index in [4.69, 9.17) is 4.74 Å². The van der Waals surface area contributed by atoms with Crippen molar-refractivity contribution in [2.45, 2.75) is 45.6 Å². The molecule has 0 spiro atoms. The molecule has 0 heterocycles. The van der Waals surface area contributed by atoms with E-state index in [-0.39, 0.29) is 17.2 Å². The van der Waals surface area contributed by atoms with E-state index in [0.717, 1.165) is 9.94 Å². The highest BCUT2D eigenvalue weighted by Crippen LogP contribution is 2.27. The number of hydrogen-bond acceptors (Lipinski definition) is 5. The molecule has 0 aliphatic carbocycles. The molecule has 0 saturated carbocycles. The Hall–Kier alpha value is -1.01. The van der Waals surface area contributed by atoms with E-state index in [2.05, 4.69) is 4.99 Å². The van der Waals surface area contributed by atoms with Gasteiger partial charge in [0.25, 0.3) is 0 Å². The fourth-order valence-corrected chi connectivity index (χ4v) is 3.37. The summed E-state index contributed by atoms with van der Waals surface area (Å²) in [6, 6.07) is 4.39. The maximum Gasteiger partial charge on any atom is 0.331 e. The van der Waals surface area contributed by atoms with E-state index in [1.165, 1.54) is 29.6 Å². The molecular formula is C18H26FNO2S2. The van der Waals surface area contributed by atoms with Crippen molar-refractivity contribution in [3.63, 3.8) is 0 Å². The van der Waals surface area contributed by atoms with E-state index >= 15 is 0 Å². The number of carbonyl (C=O) groups excluding carboxylic acids is 1. The summed E-state index contributed by atoms with van der Waals surface area (Å²) < 4.78 is 20.0. The van der Waals surface area contributed by atoms with Crippen LogP contribution in [0.1, 0.15) is 38.8 Å². The molecule has 1 aromatic rings. The SMILES string of the molecule is CCOC(=O)[C@H](Cc1ccc(F)c(C(C)(C)C)c1)N=C(SC)SC. The van der Waals surface area contributed by atoms with E-state index in [1.807, 2.05) is 39.3 Å². The molecule has 1 atom stereocenters. The van der Waals surface area contributed by atoms with Gasteiger partial charge in [0.15, 0.2) is 6.04 Å². The number of thioether (sulfide) groups is 2. The standard InChI is InChI=1S/C18H26FNO2S2/c1-7-22-16(21)15(20-17(23-5)24-6)11-12-8-9-14(19)13(10-12)18(2,3)4/h8-10,15H,7,11H2,1-6H3/t15-/m0/s1. The zero-order valence-corrected chi connectivity index (χ0v) is 16.8. The van der Waals surface area contributed by atoms with Gasteiger partial charge in [-0.25, -0.2) is 9.18 Å². The molecular weight excluding hydrogens is 345 g/mol. The molecule has 1 rings (SSSR count). The van der Waals surface area contributed by atoms with Gasteiger partial charge in [-0.2, -0.15) is 0 Å². The van der Waals surface area contributed by atoms with Crippen LogP contribution in [-0.4, -0.2) is 35.5 Å². The zero-order valence-electron chi connectivity index (χ0n) is 15.2. The average molecular weight is 372 g/mol. The number of halogens is 1. The third-order valence-corrected chi connectivity index (χ3v) is 5.35. The first-order chi connectivity index (χ1) is 11.2. The highest BCUT2D eigenvalue weighted by molar-refractivity contribution is 8.38. The van der Waals surface area contributed by atoms with Crippen molar-refractivity contribution < 1.29 is 13.9 Å². The monoisotopic (exact) mass is 371 g/mol. The Morgan fingerprint density at radius 3 is 2.42 bits per heavy atom. The quantitative estimate of drug-likeness (QED) is 0.428. The Kier molecular flexibility index (Phi) is 8.30. The molecule has 0 aromatic heterocycles. The van der Waals surface area contributed by atoms with Gasteiger partial charge in [-0.15, -0.1) is 23.5 Å². The van der Waals surface area contributed by atoms with Crippen molar-refractivity contribution in [3.8, 4) is 0 Å². The largest absolute Gasteiger partial charge is 0.464 e. The first kappa shape index (κ1) is 21.0. The average Bonchev–Trinajstić information content (AvgIpc) is 2.52. The van der Waals surface area contributed by atoms with Crippen LogP contribution in [0.3, 0.4) is 0 Å². The second-order valence-corrected chi connectivity index (χ2v) is 8.19. The smallest absolute Gasteiger partial charge is 0.331 e. The van der Waals surface area contributed by atoms with Gasteiger partial charge < -0.3 is 4.74 Å². The van der Waals surface area contributed by atoms with Crippen molar-refractivity contribution in [3.05, 3.63) is 35.1 Å². The summed E-state index contributed by atoms with van der Waals surface area (Å²) >= 11 is 3.00. The minimum Gasteiger partial charge on any atom is -0.464 e. The number of rotatable bonds is 5. The molecule has 6 heteroatoms. The van der Waals surface area contributed by atoms with Gasteiger partial charge in [0.1, 0.15) is 10.2 Å². The van der Waals surface area contributed by atoms with E-state index in [0.29, 0.717) is 18.6 Å². The van der Waals surface area contributed by atoms with E-state index < -0.39 is 6.04 Å². The van der Waals surface area contributed by atoms with Gasteiger partial charge in [-0.05, 0) is 42.0 Å². The molecule has 134 valence electrons. The third-order valence-electron chi connectivity index (χ3n) is 3.44. The van der Waals surface area contributed by atoms with Gasteiger partial charge in [0.2, 0.25) is 0 Å². The van der Waals surface area contributed by atoms with Gasteiger partial charge in [0, 0.05) is 6.42 Å². The summed E-state index contributed by atoms with van der Waals surface area (Å²) in [5, 5.41) is 0. The molecule has 0 aliphatic heterocycles. The lowest BCUT2D eigenvalue weighted by Gasteiger charge is -2.21. The van der Waals surface area contributed by atoms with Gasteiger partial charge in [-0.1, -0.05) is 32.9 Å². The maximum absolute atomic E-state index is 14.1. The second kappa shape index (κ2) is 9.47. The summed E-state index contributed by atoms with van der Waals surface area (Å²) in [7, 11) is 0. The van der Waals surface area contributed by atoms with Crippen molar-refractivity contribution in [1.29, 1.82) is 0 Å². The van der Waals surface area contributed by atoms with Gasteiger partial charge >= 0.3 is 5.97 Å². The highest BCUT2D eigenvalue weighted by atomic mass is 32.2. The molecule has 0 bridgehead atoms. The van der Waals surface area contributed by atoms with Crippen LogP contribution in [0, 0.1) is 5.82 Å². The topological polar surface area (TPSA) is 38.7 Å². The third kappa shape index (κ3) is 6.13. The lowest BCUT2D eigenvalue weighted by molar-refractivity contribution is -0.144. The van der Waals surface area contributed by atoms with Crippen molar-refractivity contribution in [2.24, 2.45) is 4.99 Å². The molecule has 3 nitrogen and oxygen atoms in total. The first-order valence-corrected chi connectivity index (χ1v) is 10.3. The lowest BCUT2D eigenvalue weighted by atomic mass is 9.85. The number of aliphatic imine (C=N–C) groups is 1. The Balaban J connectivity index is 3.15. The Labute approximate surface area is 152 Å².